The van der Waals surface area contributed by atoms with E-state index in [0.717, 1.165) is 37.7 Å². The topological polar surface area (TPSA) is 68.0 Å². The minimum Gasteiger partial charge on any atom is -0.397 e. The van der Waals surface area contributed by atoms with E-state index in [1.54, 1.807) is 18.3 Å². The van der Waals surface area contributed by atoms with Crippen LogP contribution in [0.4, 0.5) is 5.69 Å². The summed E-state index contributed by atoms with van der Waals surface area (Å²) in [6, 6.07) is 5.32. The average molecular weight is 318 g/mol. The van der Waals surface area contributed by atoms with Crippen molar-refractivity contribution in [1.29, 1.82) is 0 Å². The number of nitrogen functional groups attached to an aromatic ring is 1. The lowest BCUT2D eigenvalue weighted by atomic mass is 9.91. The van der Waals surface area contributed by atoms with Crippen LogP contribution in [0.1, 0.15) is 36.0 Å². The van der Waals surface area contributed by atoms with Gasteiger partial charge in [-0.25, -0.2) is 0 Å². The van der Waals surface area contributed by atoms with Gasteiger partial charge in [0, 0.05) is 23.6 Å². The van der Waals surface area contributed by atoms with Gasteiger partial charge in [0.05, 0.1) is 16.2 Å². The van der Waals surface area contributed by atoms with E-state index < -0.39 is 0 Å². The first-order valence-electron chi connectivity index (χ1n) is 7.73. The van der Waals surface area contributed by atoms with Crippen molar-refractivity contribution < 1.29 is 4.79 Å². The second-order valence-corrected chi connectivity index (χ2v) is 6.28. The Morgan fingerprint density at radius 2 is 2.18 bits per heavy atom. The highest BCUT2D eigenvalue weighted by molar-refractivity contribution is 6.35. The molecule has 0 saturated carbocycles. The second kappa shape index (κ2) is 6.63. The zero-order chi connectivity index (χ0) is 15.5. The normalized spacial score (nSPS) is 16.0. The van der Waals surface area contributed by atoms with Crippen LogP contribution in [0.15, 0.2) is 24.4 Å². The van der Waals surface area contributed by atoms with Gasteiger partial charge >= 0.3 is 0 Å². The molecule has 0 aliphatic carbocycles. The number of nitrogens with zero attached hydrogens (tertiary/aromatic N) is 1. The fraction of sp³-hybridized carbons (Fsp3) is 0.412. The van der Waals surface area contributed by atoms with Crippen molar-refractivity contribution in [3.8, 4) is 0 Å². The lowest BCUT2D eigenvalue weighted by molar-refractivity contribution is 0.0972. The van der Waals surface area contributed by atoms with E-state index in [1.807, 2.05) is 6.07 Å². The number of rotatable bonds is 4. The van der Waals surface area contributed by atoms with E-state index in [9.17, 15) is 4.79 Å². The summed E-state index contributed by atoms with van der Waals surface area (Å²) in [4.78, 5) is 16.9. The van der Waals surface area contributed by atoms with Crippen LogP contribution >= 0.6 is 11.6 Å². The summed E-state index contributed by atoms with van der Waals surface area (Å²) in [6.07, 6.45) is 5.44. The van der Waals surface area contributed by atoms with E-state index in [0.29, 0.717) is 34.1 Å². The number of halogens is 1. The molecule has 1 aromatic carbocycles. The van der Waals surface area contributed by atoms with Crippen molar-refractivity contribution in [3.05, 3.63) is 35.0 Å². The Kier molecular flexibility index (Phi) is 4.60. The number of nitrogens with one attached hydrogen (secondary N) is 1. The Morgan fingerprint density at radius 1 is 1.41 bits per heavy atom. The fourth-order valence-electron chi connectivity index (χ4n) is 3.09. The van der Waals surface area contributed by atoms with Crippen LogP contribution in [-0.4, -0.2) is 23.9 Å². The summed E-state index contributed by atoms with van der Waals surface area (Å²) in [5.41, 5.74) is 7.71. The summed E-state index contributed by atoms with van der Waals surface area (Å²) in [6.45, 7) is 2.11. The molecule has 0 bridgehead atoms. The molecule has 1 fully saturated rings. The van der Waals surface area contributed by atoms with Crippen LogP contribution in [0.5, 0.6) is 0 Å². The van der Waals surface area contributed by atoms with Crippen molar-refractivity contribution in [2.45, 2.75) is 25.7 Å². The number of piperidine rings is 1. The quantitative estimate of drug-likeness (QED) is 0.669. The van der Waals surface area contributed by atoms with Crippen LogP contribution in [-0.2, 0) is 0 Å². The lowest BCUT2D eigenvalue weighted by Crippen LogP contribution is -2.28. The highest BCUT2D eigenvalue weighted by Gasteiger charge is 2.18. The van der Waals surface area contributed by atoms with E-state index in [-0.39, 0.29) is 5.78 Å². The Bertz CT molecular complexity index is 696. The maximum atomic E-state index is 12.6. The van der Waals surface area contributed by atoms with Crippen molar-refractivity contribution in [1.82, 2.24) is 10.3 Å². The van der Waals surface area contributed by atoms with Gasteiger partial charge in [0.2, 0.25) is 0 Å². The standard InChI is InChI=1S/C17H20ClN3O/c18-14-10-13(17-12(16(14)19)2-1-7-21-17)15(22)4-3-11-5-8-20-9-6-11/h1-2,7,10-11,20H,3-6,8-9,19H2. The molecule has 1 saturated heterocycles. The predicted molar refractivity (Wildman–Crippen MR) is 90.3 cm³/mol. The highest BCUT2D eigenvalue weighted by atomic mass is 35.5. The predicted octanol–water partition coefficient (Wildman–Crippen LogP) is 3.43. The number of pyridine rings is 1. The van der Waals surface area contributed by atoms with Crippen molar-refractivity contribution in [2.75, 3.05) is 18.8 Å². The van der Waals surface area contributed by atoms with Gasteiger partial charge in [0.15, 0.2) is 5.78 Å². The molecule has 0 atom stereocenters. The van der Waals surface area contributed by atoms with E-state index in [1.165, 1.54) is 0 Å². The molecule has 2 heterocycles. The minimum absolute atomic E-state index is 0.101. The van der Waals surface area contributed by atoms with Crippen molar-refractivity contribution in [2.24, 2.45) is 5.92 Å². The molecule has 22 heavy (non-hydrogen) atoms. The third-order valence-electron chi connectivity index (χ3n) is 4.42. The molecular weight excluding hydrogens is 298 g/mol. The third kappa shape index (κ3) is 3.08. The van der Waals surface area contributed by atoms with Crippen LogP contribution in [0.25, 0.3) is 10.9 Å². The molecule has 116 valence electrons. The number of nitrogens with two attached hydrogens (primary N) is 1. The van der Waals surface area contributed by atoms with Crippen LogP contribution in [0.3, 0.4) is 0 Å². The molecule has 0 amide bonds. The van der Waals surface area contributed by atoms with Crippen LogP contribution in [0, 0.1) is 5.92 Å². The molecular formula is C17H20ClN3O. The number of benzene rings is 1. The Balaban J connectivity index is 1.83. The van der Waals surface area contributed by atoms with Crippen molar-refractivity contribution in [3.63, 3.8) is 0 Å². The molecule has 4 nitrogen and oxygen atoms in total. The first kappa shape index (κ1) is 15.3. The van der Waals surface area contributed by atoms with Crippen LogP contribution in [0.2, 0.25) is 5.02 Å². The van der Waals surface area contributed by atoms with Gasteiger partial charge < -0.3 is 11.1 Å². The molecule has 3 N–H and O–H groups in total. The number of Topliss-reactive ketones (excluding diaryl/α,β-unsaturated/α-hetero) is 1. The number of carbonyl (C=O) groups excluding carboxylic acids is 1. The van der Waals surface area contributed by atoms with Gasteiger partial charge in [-0.1, -0.05) is 11.6 Å². The summed E-state index contributed by atoms with van der Waals surface area (Å²) < 4.78 is 0. The molecule has 0 spiro atoms. The molecule has 2 aromatic rings. The second-order valence-electron chi connectivity index (χ2n) is 5.87. The molecule has 1 aliphatic rings. The van der Waals surface area contributed by atoms with E-state index in [2.05, 4.69) is 10.3 Å². The van der Waals surface area contributed by atoms with E-state index in [4.69, 9.17) is 17.3 Å². The largest absolute Gasteiger partial charge is 0.397 e. The lowest BCUT2D eigenvalue weighted by Gasteiger charge is -2.22. The van der Waals surface area contributed by atoms with Gasteiger partial charge in [0.1, 0.15) is 0 Å². The number of ketones is 1. The maximum Gasteiger partial charge on any atom is 0.165 e. The van der Waals surface area contributed by atoms with Gasteiger partial charge in [-0.05, 0) is 56.5 Å². The smallest absolute Gasteiger partial charge is 0.165 e. The number of anilines is 1. The molecule has 5 heteroatoms. The summed E-state index contributed by atoms with van der Waals surface area (Å²) in [5, 5.41) is 4.52. The van der Waals surface area contributed by atoms with Crippen LogP contribution < -0.4 is 11.1 Å². The number of carbonyl (C=O) groups is 1. The number of hydrogen-bond acceptors (Lipinski definition) is 4. The number of fused-ring (bicyclic) bond motifs is 1. The summed E-state index contributed by atoms with van der Waals surface area (Å²) in [7, 11) is 0. The SMILES string of the molecule is Nc1c(Cl)cc(C(=O)CCC2CCNCC2)c2ncccc12. The van der Waals surface area contributed by atoms with Gasteiger partial charge in [-0.2, -0.15) is 0 Å². The highest BCUT2D eigenvalue weighted by Crippen LogP contribution is 2.31. The minimum atomic E-state index is 0.101. The molecule has 0 radical (unpaired) electrons. The molecule has 1 aromatic heterocycles. The maximum absolute atomic E-state index is 12.6. The Labute approximate surface area is 135 Å². The Hall–Kier alpha value is -1.65. The third-order valence-corrected chi connectivity index (χ3v) is 4.73. The molecule has 1 aliphatic heterocycles. The molecule has 3 rings (SSSR count). The zero-order valence-electron chi connectivity index (χ0n) is 12.4. The summed E-state index contributed by atoms with van der Waals surface area (Å²) in [5.74, 6) is 0.734. The monoisotopic (exact) mass is 317 g/mol. The van der Waals surface area contributed by atoms with Gasteiger partial charge in [-0.3, -0.25) is 9.78 Å². The summed E-state index contributed by atoms with van der Waals surface area (Å²) >= 11 is 6.17. The Morgan fingerprint density at radius 3 is 2.95 bits per heavy atom. The first-order valence-corrected chi connectivity index (χ1v) is 8.11. The number of aromatic nitrogens is 1. The van der Waals surface area contributed by atoms with Crippen molar-refractivity contribution >= 4 is 34.0 Å². The first-order chi connectivity index (χ1) is 10.7. The van der Waals surface area contributed by atoms with Gasteiger partial charge in [0.25, 0.3) is 0 Å². The molecule has 0 unspecified atom stereocenters. The zero-order valence-corrected chi connectivity index (χ0v) is 13.2. The fourth-order valence-corrected chi connectivity index (χ4v) is 3.30. The van der Waals surface area contributed by atoms with E-state index >= 15 is 0 Å². The average Bonchev–Trinajstić information content (AvgIpc) is 2.57. The van der Waals surface area contributed by atoms with Gasteiger partial charge in [-0.15, -0.1) is 0 Å². The number of hydrogen-bond donors (Lipinski definition) is 2.